The van der Waals surface area contributed by atoms with E-state index in [1.165, 1.54) is 11.1 Å². The molecule has 1 N–H and O–H groups in total. The van der Waals surface area contributed by atoms with Gasteiger partial charge in [-0.3, -0.25) is 9.67 Å². The van der Waals surface area contributed by atoms with Gasteiger partial charge in [-0.15, -0.1) is 0 Å². The van der Waals surface area contributed by atoms with Crippen LogP contribution in [0.15, 0.2) is 59.4 Å². The number of carboxylic acid groups (broad SMARTS) is 1. The lowest BCUT2D eigenvalue weighted by molar-refractivity contribution is -0.160. The van der Waals surface area contributed by atoms with E-state index in [9.17, 15) is 9.90 Å². The largest absolute Gasteiger partial charge is 0.479 e. The van der Waals surface area contributed by atoms with Crippen LogP contribution < -0.4 is 9.80 Å². The fourth-order valence-electron chi connectivity index (χ4n) is 8.09. The van der Waals surface area contributed by atoms with Gasteiger partial charge < -0.3 is 24.1 Å². The van der Waals surface area contributed by atoms with E-state index in [4.69, 9.17) is 19.1 Å². The summed E-state index contributed by atoms with van der Waals surface area (Å²) in [5, 5.41) is 16.4. The van der Waals surface area contributed by atoms with E-state index in [0.29, 0.717) is 23.4 Å². The molecule has 1 saturated heterocycles. The maximum absolute atomic E-state index is 13.2. The molecule has 0 amide bonds. The number of anilines is 2. The van der Waals surface area contributed by atoms with Crippen molar-refractivity contribution in [3.63, 3.8) is 0 Å². The molecule has 11 nitrogen and oxygen atoms in total. The van der Waals surface area contributed by atoms with Gasteiger partial charge in [0.2, 0.25) is 0 Å². The fourth-order valence-corrected chi connectivity index (χ4v) is 8.09. The van der Waals surface area contributed by atoms with Crippen LogP contribution in [0.25, 0.3) is 44.5 Å². The van der Waals surface area contributed by atoms with Gasteiger partial charge in [0, 0.05) is 66.7 Å². The first-order valence-corrected chi connectivity index (χ1v) is 18.9. The molecule has 0 unspecified atom stereocenters. The molecular formula is C43H49N7O4. The van der Waals surface area contributed by atoms with Crippen LogP contribution >= 0.6 is 0 Å². The predicted octanol–water partition coefficient (Wildman–Crippen LogP) is 8.59. The first-order valence-electron chi connectivity index (χ1n) is 18.9. The van der Waals surface area contributed by atoms with Crippen molar-refractivity contribution in [1.29, 1.82) is 0 Å². The molecule has 1 fully saturated rings. The smallest absolute Gasteiger partial charge is 0.337 e. The highest BCUT2D eigenvalue weighted by Gasteiger charge is 2.38. The number of aliphatic carboxylic acids is 1. The Kier molecular flexibility index (Phi) is 8.75. The minimum atomic E-state index is -1.21. The van der Waals surface area contributed by atoms with Crippen LogP contribution in [-0.2, 0) is 29.5 Å². The van der Waals surface area contributed by atoms with E-state index < -0.39 is 17.7 Å². The zero-order chi connectivity index (χ0) is 38.1. The van der Waals surface area contributed by atoms with Gasteiger partial charge in [0.15, 0.2) is 17.5 Å². The Labute approximate surface area is 316 Å². The van der Waals surface area contributed by atoms with Crippen LogP contribution in [-0.4, -0.2) is 61.0 Å². The van der Waals surface area contributed by atoms with E-state index in [1.807, 2.05) is 69.9 Å². The molecule has 2 aromatic carbocycles. The lowest BCUT2D eigenvalue weighted by Crippen LogP contribution is -2.39. The van der Waals surface area contributed by atoms with Crippen LogP contribution in [0.5, 0.6) is 0 Å². The molecule has 2 aliphatic rings. The highest BCUT2D eigenvalue weighted by Crippen LogP contribution is 2.48. The van der Waals surface area contributed by atoms with E-state index in [-0.39, 0.29) is 5.41 Å². The van der Waals surface area contributed by atoms with Gasteiger partial charge in [0.05, 0.1) is 23.2 Å². The van der Waals surface area contributed by atoms with Gasteiger partial charge in [-0.1, -0.05) is 44.2 Å². The Balaban J connectivity index is 1.29. The highest BCUT2D eigenvalue weighted by atomic mass is 16.5. The van der Waals surface area contributed by atoms with Crippen molar-refractivity contribution in [3.8, 4) is 22.4 Å². The number of aromatic nitrogens is 5. The molecule has 0 aliphatic carbocycles. The van der Waals surface area contributed by atoms with Crippen molar-refractivity contribution in [2.75, 3.05) is 29.4 Å². The van der Waals surface area contributed by atoms with Crippen molar-refractivity contribution in [1.82, 2.24) is 24.7 Å². The van der Waals surface area contributed by atoms with Gasteiger partial charge >= 0.3 is 5.97 Å². The monoisotopic (exact) mass is 727 g/mol. The van der Waals surface area contributed by atoms with Gasteiger partial charge in [-0.05, 0) is 88.1 Å². The van der Waals surface area contributed by atoms with Crippen LogP contribution in [0, 0.1) is 19.3 Å². The molecule has 4 aromatic heterocycles. The zero-order valence-electron chi connectivity index (χ0n) is 32.5. The summed E-state index contributed by atoms with van der Waals surface area (Å²) >= 11 is 0. The van der Waals surface area contributed by atoms with Gasteiger partial charge in [-0.25, -0.2) is 14.8 Å². The minimum Gasteiger partial charge on any atom is -0.479 e. The predicted molar refractivity (Wildman–Crippen MR) is 212 cm³/mol. The van der Waals surface area contributed by atoms with Crippen LogP contribution in [0.2, 0.25) is 0 Å². The first-order chi connectivity index (χ1) is 25.7. The fraction of sp³-hybridized carbons (Fsp3) is 0.419. The second-order valence-corrected chi connectivity index (χ2v) is 16.7. The molecule has 8 rings (SSSR count). The third-order valence-electron chi connectivity index (χ3n) is 11.2. The first kappa shape index (κ1) is 35.7. The van der Waals surface area contributed by atoms with Crippen molar-refractivity contribution in [3.05, 3.63) is 83.1 Å². The van der Waals surface area contributed by atoms with Gasteiger partial charge in [-0.2, -0.15) is 5.10 Å². The minimum absolute atomic E-state index is 0.186. The summed E-state index contributed by atoms with van der Waals surface area (Å²) in [5.74, 6) is -0.236. The average Bonchev–Trinajstić information content (AvgIpc) is 3.68. The van der Waals surface area contributed by atoms with E-state index in [1.54, 1.807) is 6.33 Å². The van der Waals surface area contributed by atoms with Crippen LogP contribution in [0.1, 0.15) is 81.6 Å². The van der Waals surface area contributed by atoms with E-state index in [2.05, 4.69) is 58.9 Å². The second kappa shape index (κ2) is 13.2. The molecule has 6 aromatic rings. The number of rotatable bonds is 7. The Morgan fingerprint density at radius 3 is 2.46 bits per heavy atom. The summed E-state index contributed by atoms with van der Waals surface area (Å²) in [6, 6.07) is 14.6. The molecule has 0 bridgehead atoms. The third kappa shape index (κ3) is 6.38. The standard InChI is InChI=1S/C43H49N7O4/c1-25-33(38(41(51)52)54-42(3,4)5)37(49-19-16-43(6,7)17-20-49)34(35(47-25)31-22-46-48(8)26(31)2)28-13-14-29-23-50(18-15-27(29)21-28)40-39-36(44-24-45-40)30-11-9-10-12-32(30)53-39/h9-14,21-22,24,38H,15-20,23H2,1-8H3,(H,51,52)/t38-/m0/s1. The molecule has 1 atom stereocenters. The number of pyridine rings is 1. The number of ether oxygens (including phenoxy) is 1. The van der Waals surface area contributed by atoms with Gasteiger partial charge in [0.1, 0.15) is 17.4 Å². The molecule has 6 heterocycles. The summed E-state index contributed by atoms with van der Waals surface area (Å²) in [6.45, 7) is 17.3. The van der Waals surface area contributed by atoms with Crippen molar-refractivity contribution >= 4 is 39.5 Å². The summed E-state index contributed by atoms with van der Waals surface area (Å²) in [6.07, 6.45) is 5.04. The molecule has 0 saturated carbocycles. The molecular weight excluding hydrogens is 679 g/mol. The molecule has 0 spiro atoms. The summed E-state index contributed by atoms with van der Waals surface area (Å²) in [5.41, 5.74) is 11.0. The third-order valence-corrected chi connectivity index (χ3v) is 11.2. The Hall–Kier alpha value is -5.29. The van der Waals surface area contributed by atoms with Crippen LogP contribution in [0.3, 0.4) is 0 Å². The number of nitrogens with zero attached hydrogens (tertiary/aromatic N) is 7. The van der Waals surface area contributed by atoms with Gasteiger partial charge in [0.25, 0.3) is 0 Å². The normalized spacial score (nSPS) is 16.6. The molecule has 54 heavy (non-hydrogen) atoms. The Bertz CT molecular complexity index is 2410. The number of para-hydroxylation sites is 1. The lowest BCUT2D eigenvalue weighted by atomic mass is 9.81. The number of piperidine rings is 1. The zero-order valence-corrected chi connectivity index (χ0v) is 32.5. The maximum atomic E-state index is 13.2. The number of benzene rings is 2. The topological polar surface area (TPSA) is 123 Å². The number of hydrogen-bond donors (Lipinski definition) is 1. The van der Waals surface area contributed by atoms with E-state index >= 15 is 0 Å². The quantitative estimate of drug-likeness (QED) is 0.171. The van der Waals surface area contributed by atoms with Crippen molar-refractivity contribution in [2.24, 2.45) is 12.5 Å². The number of carbonyl (C=O) groups is 1. The van der Waals surface area contributed by atoms with Crippen molar-refractivity contribution < 1.29 is 19.1 Å². The van der Waals surface area contributed by atoms with Crippen LogP contribution in [0.4, 0.5) is 11.5 Å². The number of carboxylic acids is 1. The highest BCUT2D eigenvalue weighted by molar-refractivity contribution is 6.05. The number of fused-ring (bicyclic) bond motifs is 4. The molecule has 280 valence electrons. The molecule has 2 aliphatic heterocycles. The summed E-state index contributed by atoms with van der Waals surface area (Å²) in [4.78, 5) is 32.4. The number of furan rings is 1. The second-order valence-electron chi connectivity index (χ2n) is 16.7. The number of hydrogen-bond acceptors (Lipinski definition) is 9. The lowest BCUT2D eigenvalue weighted by Gasteiger charge is -2.41. The van der Waals surface area contributed by atoms with Crippen molar-refractivity contribution in [2.45, 2.75) is 86.0 Å². The molecule has 0 radical (unpaired) electrons. The maximum Gasteiger partial charge on any atom is 0.337 e. The average molecular weight is 728 g/mol. The summed E-state index contributed by atoms with van der Waals surface area (Å²) < 4.78 is 14.6. The Morgan fingerprint density at radius 1 is 1.00 bits per heavy atom. The SMILES string of the molecule is Cc1nc(-c2cnn(C)c2C)c(-c2ccc3c(c2)CCN(c2ncnc4c2oc2ccccc24)C3)c(N2CCC(C)(C)CC2)c1[C@H](OC(C)(C)C)C(=O)O. The Morgan fingerprint density at radius 2 is 1.76 bits per heavy atom. The number of aryl methyl sites for hydroxylation is 2. The van der Waals surface area contributed by atoms with E-state index in [0.717, 1.165) is 95.0 Å². The summed E-state index contributed by atoms with van der Waals surface area (Å²) in [7, 11) is 1.94. The molecule has 11 heteroatoms.